The van der Waals surface area contributed by atoms with Crippen molar-refractivity contribution in [3.63, 3.8) is 0 Å². The summed E-state index contributed by atoms with van der Waals surface area (Å²) in [5.74, 6) is 0. The second kappa shape index (κ2) is 5.96. The predicted molar refractivity (Wildman–Crippen MR) is 82.1 cm³/mol. The van der Waals surface area contributed by atoms with Crippen LogP contribution in [0, 0.1) is 13.7 Å². The van der Waals surface area contributed by atoms with Gasteiger partial charge in [0.1, 0.15) is 5.69 Å². The lowest BCUT2D eigenvalue weighted by Gasteiger charge is -2.15. The Balaban J connectivity index is 2.26. The van der Waals surface area contributed by atoms with E-state index in [-0.39, 0.29) is 16.7 Å². The average molecular weight is 369 g/mol. The van der Waals surface area contributed by atoms with Crippen LogP contribution in [0.5, 0.6) is 0 Å². The zero-order valence-corrected chi connectivity index (χ0v) is 12.4. The SMILES string of the molecule is CC(Nc1ccc(I)cc1[N+](=O)[O-])c1ccncc1. The summed E-state index contributed by atoms with van der Waals surface area (Å²) in [4.78, 5) is 14.6. The van der Waals surface area contributed by atoms with Crippen molar-refractivity contribution in [3.05, 3.63) is 62.0 Å². The van der Waals surface area contributed by atoms with Gasteiger partial charge in [-0.05, 0) is 59.3 Å². The molecule has 0 aliphatic rings. The Morgan fingerprint density at radius 1 is 1.32 bits per heavy atom. The molecule has 1 aromatic heterocycles. The van der Waals surface area contributed by atoms with Crippen molar-refractivity contribution >= 4 is 34.0 Å². The highest BCUT2D eigenvalue weighted by atomic mass is 127. The van der Waals surface area contributed by atoms with Crippen molar-refractivity contribution in [1.82, 2.24) is 4.98 Å². The minimum Gasteiger partial charge on any atom is -0.373 e. The predicted octanol–water partition coefficient (Wildman–Crippen LogP) is 3.77. The Morgan fingerprint density at radius 2 is 2.00 bits per heavy atom. The fourth-order valence-electron chi connectivity index (χ4n) is 1.75. The Morgan fingerprint density at radius 3 is 2.63 bits per heavy atom. The summed E-state index contributed by atoms with van der Waals surface area (Å²) in [5.41, 5.74) is 1.64. The molecule has 0 radical (unpaired) electrons. The average Bonchev–Trinajstić information content (AvgIpc) is 2.41. The number of rotatable bonds is 4. The van der Waals surface area contributed by atoms with Gasteiger partial charge < -0.3 is 5.32 Å². The topological polar surface area (TPSA) is 68.1 Å². The molecule has 1 heterocycles. The first-order valence-electron chi connectivity index (χ1n) is 5.68. The van der Waals surface area contributed by atoms with E-state index in [9.17, 15) is 10.1 Å². The third-order valence-electron chi connectivity index (χ3n) is 2.73. The van der Waals surface area contributed by atoms with E-state index in [4.69, 9.17) is 0 Å². The monoisotopic (exact) mass is 369 g/mol. The number of nitro groups is 1. The van der Waals surface area contributed by atoms with Crippen LogP contribution in [0.3, 0.4) is 0 Å². The van der Waals surface area contributed by atoms with E-state index in [0.717, 1.165) is 9.13 Å². The maximum absolute atomic E-state index is 11.0. The van der Waals surface area contributed by atoms with Gasteiger partial charge in [0.15, 0.2) is 0 Å². The first-order chi connectivity index (χ1) is 9.08. The Hall–Kier alpha value is -1.70. The smallest absolute Gasteiger partial charge is 0.293 e. The summed E-state index contributed by atoms with van der Waals surface area (Å²) in [6.45, 7) is 1.96. The van der Waals surface area contributed by atoms with Crippen LogP contribution >= 0.6 is 22.6 Å². The zero-order valence-electron chi connectivity index (χ0n) is 10.2. The molecule has 98 valence electrons. The number of aromatic nitrogens is 1. The molecule has 0 aliphatic carbocycles. The minimum absolute atomic E-state index is 0.0261. The second-order valence-electron chi connectivity index (χ2n) is 4.07. The summed E-state index contributed by atoms with van der Waals surface area (Å²) in [5, 5.41) is 14.2. The van der Waals surface area contributed by atoms with Crippen molar-refractivity contribution in [1.29, 1.82) is 0 Å². The van der Waals surface area contributed by atoms with Crippen LogP contribution in [-0.2, 0) is 0 Å². The van der Waals surface area contributed by atoms with Crippen LogP contribution in [0.2, 0.25) is 0 Å². The first-order valence-corrected chi connectivity index (χ1v) is 6.76. The fourth-order valence-corrected chi connectivity index (χ4v) is 2.22. The molecule has 0 saturated heterocycles. The standard InChI is InChI=1S/C13H12IN3O2/c1-9(10-4-6-15-7-5-10)16-12-3-2-11(14)8-13(12)17(18)19/h2-9,16H,1H3. The summed E-state index contributed by atoms with van der Waals surface area (Å²) in [6.07, 6.45) is 3.41. The van der Waals surface area contributed by atoms with Gasteiger partial charge in [-0.15, -0.1) is 0 Å². The number of hydrogen-bond donors (Lipinski definition) is 1. The van der Waals surface area contributed by atoms with Crippen molar-refractivity contribution in [3.8, 4) is 0 Å². The van der Waals surface area contributed by atoms with Gasteiger partial charge in [0.25, 0.3) is 5.69 Å². The molecule has 2 rings (SSSR count). The lowest BCUT2D eigenvalue weighted by Crippen LogP contribution is -2.08. The number of anilines is 1. The largest absolute Gasteiger partial charge is 0.373 e. The number of nitrogens with one attached hydrogen (secondary N) is 1. The molecule has 5 nitrogen and oxygen atoms in total. The highest BCUT2D eigenvalue weighted by Gasteiger charge is 2.16. The van der Waals surface area contributed by atoms with Gasteiger partial charge in [-0.1, -0.05) is 0 Å². The van der Waals surface area contributed by atoms with Crippen LogP contribution < -0.4 is 5.32 Å². The first kappa shape index (κ1) is 13.7. The molecule has 0 fully saturated rings. The van der Waals surface area contributed by atoms with Crippen molar-refractivity contribution in [2.45, 2.75) is 13.0 Å². The van der Waals surface area contributed by atoms with E-state index in [1.807, 2.05) is 25.1 Å². The molecule has 6 heteroatoms. The molecule has 1 N–H and O–H groups in total. The lowest BCUT2D eigenvalue weighted by atomic mass is 10.1. The summed E-state index contributed by atoms with van der Waals surface area (Å²) in [7, 11) is 0. The molecule has 0 amide bonds. The summed E-state index contributed by atoms with van der Waals surface area (Å²) >= 11 is 2.06. The molecule has 0 saturated carbocycles. The molecular formula is C13H12IN3O2. The summed E-state index contributed by atoms with van der Waals surface area (Å²) in [6, 6.07) is 8.88. The lowest BCUT2D eigenvalue weighted by molar-refractivity contribution is -0.384. The molecule has 0 spiro atoms. The molecule has 19 heavy (non-hydrogen) atoms. The number of nitro benzene ring substituents is 1. The van der Waals surface area contributed by atoms with Gasteiger partial charge in [-0.25, -0.2) is 0 Å². The third-order valence-corrected chi connectivity index (χ3v) is 3.41. The van der Waals surface area contributed by atoms with Gasteiger partial charge in [0.2, 0.25) is 0 Å². The number of benzene rings is 1. The summed E-state index contributed by atoms with van der Waals surface area (Å²) < 4.78 is 0.839. The van der Waals surface area contributed by atoms with Crippen molar-refractivity contribution in [2.24, 2.45) is 0 Å². The van der Waals surface area contributed by atoms with Gasteiger partial charge in [0, 0.05) is 28.1 Å². The number of nitrogens with zero attached hydrogens (tertiary/aromatic N) is 2. The van der Waals surface area contributed by atoms with E-state index in [1.165, 1.54) is 0 Å². The van der Waals surface area contributed by atoms with Crippen molar-refractivity contribution < 1.29 is 4.92 Å². The fraction of sp³-hybridized carbons (Fsp3) is 0.154. The molecule has 1 aromatic carbocycles. The van der Waals surface area contributed by atoms with Crippen molar-refractivity contribution in [2.75, 3.05) is 5.32 Å². The van der Waals surface area contributed by atoms with Gasteiger partial charge >= 0.3 is 0 Å². The van der Waals surface area contributed by atoms with Gasteiger partial charge in [-0.2, -0.15) is 0 Å². The van der Waals surface area contributed by atoms with E-state index in [1.54, 1.807) is 24.5 Å². The van der Waals surface area contributed by atoms with Crippen LogP contribution in [0.1, 0.15) is 18.5 Å². The number of hydrogen-bond acceptors (Lipinski definition) is 4. The van der Waals surface area contributed by atoms with E-state index in [0.29, 0.717) is 5.69 Å². The zero-order chi connectivity index (χ0) is 13.8. The molecule has 0 bridgehead atoms. The second-order valence-corrected chi connectivity index (χ2v) is 5.31. The highest BCUT2D eigenvalue weighted by molar-refractivity contribution is 14.1. The van der Waals surface area contributed by atoms with Gasteiger partial charge in [-0.3, -0.25) is 15.1 Å². The van der Waals surface area contributed by atoms with Crippen LogP contribution in [-0.4, -0.2) is 9.91 Å². The van der Waals surface area contributed by atoms with E-state index < -0.39 is 0 Å². The molecule has 1 unspecified atom stereocenters. The van der Waals surface area contributed by atoms with E-state index in [2.05, 4.69) is 32.9 Å². The Labute approximate surface area is 124 Å². The van der Waals surface area contributed by atoms with Crippen LogP contribution in [0.25, 0.3) is 0 Å². The molecule has 1 atom stereocenters. The molecule has 0 aliphatic heterocycles. The highest BCUT2D eigenvalue weighted by Crippen LogP contribution is 2.29. The molecular weight excluding hydrogens is 357 g/mol. The van der Waals surface area contributed by atoms with Gasteiger partial charge in [0.05, 0.1) is 4.92 Å². The number of pyridine rings is 1. The molecule has 2 aromatic rings. The van der Waals surface area contributed by atoms with Crippen LogP contribution in [0.4, 0.5) is 11.4 Å². The Bertz CT molecular complexity index is 590. The van der Waals surface area contributed by atoms with Crippen LogP contribution in [0.15, 0.2) is 42.7 Å². The normalized spacial score (nSPS) is 11.9. The number of halogens is 1. The minimum atomic E-state index is -0.371. The maximum Gasteiger partial charge on any atom is 0.293 e. The Kier molecular flexibility index (Phi) is 4.31. The quantitative estimate of drug-likeness (QED) is 0.506. The maximum atomic E-state index is 11.0. The van der Waals surface area contributed by atoms with E-state index >= 15 is 0 Å². The third kappa shape index (κ3) is 3.40.